The van der Waals surface area contributed by atoms with Crippen molar-refractivity contribution >= 4 is 49.2 Å². The van der Waals surface area contributed by atoms with E-state index in [0.717, 1.165) is 11.1 Å². The Hall–Kier alpha value is -2.46. The maximum absolute atomic E-state index is 11.4. The molecule has 0 saturated heterocycles. The van der Waals surface area contributed by atoms with Crippen LogP contribution in [0.3, 0.4) is 0 Å². The largest absolute Gasteiger partial charge is 0.512 e. The van der Waals surface area contributed by atoms with Crippen molar-refractivity contribution in [2.45, 2.75) is 13.8 Å². The summed E-state index contributed by atoms with van der Waals surface area (Å²) in [5.41, 5.74) is 0.992. The van der Waals surface area contributed by atoms with Gasteiger partial charge in [0.1, 0.15) is 5.76 Å². The molecule has 1 aromatic heterocycles. The van der Waals surface area contributed by atoms with Gasteiger partial charge in [-0.2, -0.15) is 0 Å². The van der Waals surface area contributed by atoms with Gasteiger partial charge < -0.3 is 5.11 Å². The minimum atomic E-state index is -0.203. The number of aliphatic hydroxyl groups is 1. The molecule has 3 aromatic rings. The summed E-state index contributed by atoms with van der Waals surface area (Å²) >= 11 is 1.75. The summed E-state index contributed by atoms with van der Waals surface area (Å²) in [6.07, 6.45) is 1.42. The first-order valence-corrected chi connectivity index (χ1v) is 7.74. The number of carbonyl (C=O) groups is 1. The third kappa shape index (κ3) is 2.65. The Labute approximate surface area is 132 Å². The molecule has 2 aromatic carbocycles. The molecule has 1 heterocycles. The third-order valence-corrected chi connectivity index (χ3v) is 4.62. The first-order valence-electron chi connectivity index (χ1n) is 6.92. The van der Waals surface area contributed by atoms with Crippen LogP contribution in [-0.4, -0.2) is 17.1 Å². The maximum Gasteiger partial charge on any atom is 0.164 e. The molecule has 1 N–H and O–H groups in total. The van der Waals surface area contributed by atoms with Crippen LogP contribution in [0.15, 0.2) is 58.8 Å². The molecule has 4 heteroatoms. The number of fused-ring (bicyclic) bond motifs is 3. The van der Waals surface area contributed by atoms with E-state index in [1.54, 1.807) is 11.3 Å². The van der Waals surface area contributed by atoms with Gasteiger partial charge in [-0.1, -0.05) is 18.2 Å². The van der Waals surface area contributed by atoms with Crippen molar-refractivity contribution in [3.8, 4) is 0 Å². The van der Waals surface area contributed by atoms with Crippen molar-refractivity contribution in [3.63, 3.8) is 0 Å². The van der Waals surface area contributed by atoms with Gasteiger partial charge in [0.05, 0.1) is 11.3 Å². The Morgan fingerprint density at radius 3 is 2.55 bits per heavy atom. The van der Waals surface area contributed by atoms with E-state index < -0.39 is 0 Å². The average molecular weight is 309 g/mol. The second kappa shape index (κ2) is 5.73. The zero-order valence-corrected chi connectivity index (χ0v) is 13.1. The van der Waals surface area contributed by atoms with Crippen molar-refractivity contribution < 1.29 is 9.90 Å². The highest BCUT2D eigenvalue weighted by molar-refractivity contribution is 7.25. The lowest BCUT2D eigenvalue weighted by Crippen LogP contribution is -2.01. The molecule has 0 aliphatic rings. The molecule has 0 fully saturated rings. The fraction of sp³-hybridized carbons (Fsp3) is 0.111. The van der Waals surface area contributed by atoms with Crippen LogP contribution < -0.4 is 0 Å². The van der Waals surface area contributed by atoms with Crippen molar-refractivity contribution in [2.75, 3.05) is 0 Å². The summed E-state index contributed by atoms with van der Waals surface area (Å²) in [6.45, 7) is 2.90. The van der Waals surface area contributed by atoms with Crippen molar-refractivity contribution in [3.05, 3.63) is 53.8 Å². The van der Waals surface area contributed by atoms with Gasteiger partial charge in [0, 0.05) is 26.4 Å². The molecule has 0 spiro atoms. The normalized spacial score (nSPS) is 13.0. The van der Waals surface area contributed by atoms with Crippen LogP contribution in [-0.2, 0) is 4.79 Å². The van der Waals surface area contributed by atoms with Crippen LogP contribution in [0.1, 0.15) is 13.8 Å². The SMILES string of the molecule is CC(=O)C(C=Nc1ccc2sc3ccccc3c2c1)=C(C)O. The molecule has 22 heavy (non-hydrogen) atoms. The number of Topliss-reactive ketones (excluding diaryl/α,β-unsaturated/α-hetero) is 1. The number of benzene rings is 2. The number of allylic oxidation sites excluding steroid dienone is 2. The molecule has 110 valence electrons. The number of carbonyl (C=O) groups excluding carboxylic acids is 1. The van der Waals surface area contributed by atoms with E-state index in [4.69, 9.17) is 0 Å². The fourth-order valence-electron chi connectivity index (χ4n) is 2.37. The Morgan fingerprint density at radius 1 is 1.09 bits per heavy atom. The number of hydrogen-bond acceptors (Lipinski definition) is 4. The van der Waals surface area contributed by atoms with Gasteiger partial charge in [-0.05, 0) is 38.1 Å². The smallest absolute Gasteiger partial charge is 0.164 e. The van der Waals surface area contributed by atoms with Gasteiger partial charge in [0.25, 0.3) is 0 Å². The number of aliphatic imine (C=N–C) groups is 1. The molecule has 3 nitrogen and oxygen atoms in total. The predicted molar refractivity (Wildman–Crippen MR) is 93.5 cm³/mol. The summed E-state index contributed by atoms with van der Waals surface area (Å²) in [6, 6.07) is 14.2. The highest BCUT2D eigenvalue weighted by atomic mass is 32.1. The molecule has 0 aliphatic heterocycles. The zero-order chi connectivity index (χ0) is 15.7. The Bertz CT molecular complexity index is 931. The number of rotatable bonds is 3. The van der Waals surface area contributed by atoms with Gasteiger partial charge >= 0.3 is 0 Å². The summed E-state index contributed by atoms with van der Waals surface area (Å²) < 4.78 is 2.45. The van der Waals surface area contributed by atoms with Gasteiger partial charge in [-0.15, -0.1) is 11.3 Å². The fourth-order valence-corrected chi connectivity index (χ4v) is 3.46. The highest BCUT2D eigenvalue weighted by Gasteiger charge is 2.06. The standard InChI is InChI=1S/C18H15NO2S/c1-11(20)16(12(2)21)10-19-13-7-8-18-15(9-13)14-5-3-4-6-17(14)22-18/h3-10,20H,1-2H3. The molecular weight excluding hydrogens is 294 g/mol. The third-order valence-electron chi connectivity index (χ3n) is 3.47. The second-order valence-electron chi connectivity index (χ2n) is 5.09. The van der Waals surface area contributed by atoms with E-state index in [0.29, 0.717) is 0 Å². The van der Waals surface area contributed by atoms with Gasteiger partial charge in [0.2, 0.25) is 0 Å². The van der Waals surface area contributed by atoms with E-state index in [2.05, 4.69) is 17.1 Å². The van der Waals surface area contributed by atoms with Crippen LogP contribution in [0.2, 0.25) is 0 Å². The number of thiophene rings is 1. The first kappa shape index (κ1) is 14.5. The van der Waals surface area contributed by atoms with E-state index in [1.807, 2.05) is 30.3 Å². The zero-order valence-electron chi connectivity index (χ0n) is 12.3. The number of aliphatic hydroxyl groups excluding tert-OH is 1. The predicted octanol–water partition coefficient (Wildman–Crippen LogP) is 5.18. The van der Waals surface area contributed by atoms with Gasteiger partial charge in [0.15, 0.2) is 5.78 Å². The molecular formula is C18H15NO2S. The highest BCUT2D eigenvalue weighted by Crippen LogP contribution is 2.35. The van der Waals surface area contributed by atoms with Crippen molar-refractivity contribution in [1.82, 2.24) is 0 Å². The monoisotopic (exact) mass is 309 g/mol. The topological polar surface area (TPSA) is 49.7 Å². The van der Waals surface area contributed by atoms with Crippen LogP contribution in [0.25, 0.3) is 20.2 Å². The molecule has 3 rings (SSSR count). The molecule has 0 saturated carbocycles. The number of hydrogen-bond donors (Lipinski definition) is 1. The van der Waals surface area contributed by atoms with Gasteiger partial charge in [-0.3, -0.25) is 9.79 Å². The minimum Gasteiger partial charge on any atom is -0.512 e. The Morgan fingerprint density at radius 2 is 1.82 bits per heavy atom. The summed E-state index contributed by atoms with van der Waals surface area (Å²) in [7, 11) is 0. The lowest BCUT2D eigenvalue weighted by atomic mass is 10.1. The lowest BCUT2D eigenvalue weighted by Gasteiger charge is -1.99. The van der Waals surface area contributed by atoms with E-state index >= 15 is 0 Å². The number of nitrogens with zero attached hydrogens (tertiary/aromatic N) is 1. The Balaban J connectivity index is 2.07. The van der Waals surface area contributed by atoms with E-state index in [9.17, 15) is 9.90 Å². The summed E-state index contributed by atoms with van der Waals surface area (Å²) in [4.78, 5) is 15.8. The number of ketones is 1. The molecule has 0 bridgehead atoms. The quantitative estimate of drug-likeness (QED) is 0.412. The van der Waals surface area contributed by atoms with Crippen LogP contribution in [0.4, 0.5) is 5.69 Å². The van der Waals surface area contributed by atoms with E-state index in [-0.39, 0.29) is 17.1 Å². The first-order chi connectivity index (χ1) is 10.6. The van der Waals surface area contributed by atoms with Gasteiger partial charge in [-0.25, -0.2) is 0 Å². The molecule has 0 amide bonds. The second-order valence-corrected chi connectivity index (χ2v) is 6.18. The lowest BCUT2D eigenvalue weighted by molar-refractivity contribution is -0.113. The summed E-state index contributed by atoms with van der Waals surface area (Å²) in [5, 5.41) is 11.9. The molecule has 0 radical (unpaired) electrons. The minimum absolute atomic E-state index is 0.0155. The molecule has 0 atom stereocenters. The van der Waals surface area contributed by atoms with Crippen LogP contribution >= 0.6 is 11.3 Å². The van der Waals surface area contributed by atoms with Crippen molar-refractivity contribution in [1.29, 1.82) is 0 Å². The van der Waals surface area contributed by atoms with E-state index in [1.165, 1.54) is 34.8 Å². The summed E-state index contributed by atoms with van der Waals surface area (Å²) in [5.74, 6) is -0.218. The molecule has 0 unspecified atom stereocenters. The Kier molecular flexibility index (Phi) is 3.77. The van der Waals surface area contributed by atoms with Crippen LogP contribution in [0, 0.1) is 0 Å². The maximum atomic E-state index is 11.4. The van der Waals surface area contributed by atoms with Crippen molar-refractivity contribution in [2.24, 2.45) is 4.99 Å². The van der Waals surface area contributed by atoms with Crippen LogP contribution in [0.5, 0.6) is 0 Å². The molecule has 0 aliphatic carbocycles. The average Bonchev–Trinajstić information content (AvgIpc) is 2.84.